The molecule has 1 unspecified atom stereocenters. The van der Waals surface area contributed by atoms with Crippen LogP contribution in [0.3, 0.4) is 0 Å². The number of amides is 1. The summed E-state index contributed by atoms with van der Waals surface area (Å²) in [7, 11) is 0. The number of nitrogen functional groups attached to an aromatic ring is 1. The first kappa shape index (κ1) is 15.9. The van der Waals surface area contributed by atoms with E-state index in [2.05, 4.69) is 21.2 Å². The Morgan fingerprint density at radius 2 is 2.10 bits per heavy atom. The quantitative estimate of drug-likeness (QED) is 0.778. The van der Waals surface area contributed by atoms with E-state index in [1.165, 1.54) is 0 Å². The highest BCUT2D eigenvalue weighted by Gasteiger charge is 2.15. The van der Waals surface area contributed by atoms with Crippen molar-refractivity contribution in [2.75, 3.05) is 5.73 Å². The van der Waals surface area contributed by atoms with Gasteiger partial charge in [-0.2, -0.15) is 0 Å². The lowest BCUT2D eigenvalue weighted by molar-refractivity contribution is 0.0935. The van der Waals surface area contributed by atoms with Crippen LogP contribution in [0.25, 0.3) is 0 Å². The molecule has 1 atom stereocenters. The van der Waals surface area contributed by atoms with E-state index in [4.69, 9.17) is 17.3 Å². The third kappa shape index (κ3) is 3.99. The molecule has 0 saturated carbocycles. The van der Waals surface area contributed by atoms with Crippen molar-refractivity contribution >= 4 is 39.1 Å². The van der Waals surface area contributed by atoms with Gasteiger partial charge in [0.1, 0.15) is 0 Å². The second kappa shape index (κ2) is 6.96. The second-order valence-electron chi connectivity index (χ2n) is 4.73. The maximum absolute atomic E-state index is 12.3. The molecule has 3 N–H and O–H groups in total. The number of rotatable bonds is 4. The molecule has 2 rings (SSSR count). The zero-order valence-electron chi connectivity index (χ0n) is 11.6. The lowest BCUT2D eigenvalue weighted by Gasteiger charge is -2.18. The molecule has 0 bridgehead atoms. The van der Waals surface area contributed by atoms with Crippen LogP contribution in [-0.4, -0.2) is 5.91 Å². The normalized spacial score (nSPS) is 12.0. The highest BCUT2D eigenvalue weighted by molar-refractivity contribution is 9.10. The number of carbonyl (C=O) groups is 1. The van der Waals surface area contributed by atoms with Crippen LogP contribution in [0, 0.1) is 0 Å². The van der Waals surface area contributed by atoms with E-state index in [0.717, 1.165) is 12.0 Å². The fraction of sp³-hybridized carbons (Fsp3) is 0.188. The summed E-state index contributed by atoms with van der Waals surface area (Å²) in [5, 5.41) is 3.68. The van der Waals surface area contributed by atoms with Crippen molar-refractivity contribution in [1.82, 2.24) is 5.32 Å². The Labute approximate surface area is 137 Å². The van der Waals surface area contributed by atoms with E-state index in [1.807, 2.05) is 31.2 Å². The standard InChI is InChI=1S/C16H16BrClN2O/c1-2-15(10-4-3-5-12(18)8-10)20-16(21)11-6-7-14(19)13(17)9-11/h3-9,15H,2,19H2,1H3,(H,20,21). The Morgan fingerprint density at radius 3 is 2.71 bits per heavy atom. The Bertz CT molecular complexity index is 660. The van der Waals surface area contributed by atoms with Gasteiger partial charge in [-0.15, -0.1) is 0 Å². The molecule has 0 heterocycles. The highest BCUT2D eigenvalue weighted by atomic mass is 79.9. The van der Waals surface area contributed by atoms with E-state index in [9.17, 15) is 4.79 Å². The summed E-state index contributed by atoms with van der Waals surface area (Å²) >= 11 is 9.33. The summed E-state index contributed by atoms with van der Waals surface area (Å²) in [6.07, 6.45) is 0.780. The summed E-state index contributed by atoms with van der Waals surface area (Å²) < 4.78 is 0.714. The molecule has 0 fully saturated rings. The Morgan fingerprint density at radius 1 is 1.33 bits per heavy atom. The molecule has 1 amide bonds. The van der Waals surface area contributed by atoms with Crippen LogP contribution in [0.1, 0.15) is 35.3 Å². The number of nitrogens with one attached hydrogen (secondary N) is 1. The zero-order chi connectivity index (χ0) is 15.4. The maximum Gasteiger partial charge on any atom is 0.251 e. The summed E-state index contributed by atoms with van der Waals surface area (Å²) in [6, 6.07) is 12.6. The number of anilines is 1. The van der Waals surface area contributed by atoms with Crippen LogP contribution < -0.4 is 11.1 Å². The van der Waals surface area contributed by atoms with Gasteiger partial charge in [-0.25, -0.2) is 0 Å². The van der Waals surface area contributed by atoms with Crippen LogP contribution in [0.2, 0.25) is 5.02 Å². The Kier molecular flexibility index (Phi) is 5.26. The number of nitrogens with two attached hydrogens (primary N) is 1. The van der Waals surface area contributed by atoms with E-state index in [-0.39, 0.29) is 11.9 Å². The predicted molar refractivity (Wildman–Crippen MR) is 90.5 cm³/mol. The van der Waals surface area contributed by atoms with Crippen LogP contribution in [0.4, 0.5) is 5.69 Å². The number of halogens is 2. The maximum atomic E-state index is 12.3. The van der Waals surface area contributed by atoms with Crippen molar-refractivity contribution in [2.24, 2.45) is 0 Å². The molecular formula is C16H16BrClN2O. The van der Waals surface area contributed by atoms with Crippen LogP contribution >= 0.6 is 27.5 Å². The monoisotopic (exact) mass is 366 g/mol. The number of benzene rings is 2. The SMILES string of the molecule is CCC(NC(=O)c1ccc(N)c(Br)c1)c1cccc(Cl)c1. The van der Waals surface area contributed by atoms with Crippen molar-refractivity contribution < 1.29 is 4.79 Å². The minimum absolute atomic E-state index is 0.0764. The molecule has 0 radical (unpaired) electrons. The smallest absolute Gasteiger partial charge is 0.251 e. The third-order valence-corrected chi connectivity index (χ3v) is 4.15. The molecule has 0 aliphatic carbocycles. The molecule has 0 aliphatic rings. The number of hydrogen-bond donors (Lipinski definition) is 2. The van der Waals surface area contributed by atoms with Crippen molar-refractivity contribution in [1.29, 1.82) is 0 Å². The van der Waals surface area contributed by atoms with Crippen molar-refractivity contribution in [3.8, 4) is 0 Å². The largest absolute Gasteiger partial charge is 0.398 e. The minimum atomic E-state index is -0.137. The van der Waals surface area contributed by atoms with Gasteiger partial charge in [0.2, 0.25) is 0 Å². The molecule has 2 aromatic carbocycles. The molecule has 0 aliphatic heterocycles. The third-order valence-electron chi connectivity index (χ3n) is 3.23. The molecule has 21 heavy (non-hydrogen) atoms. The molecule has 5 heteroatoms. The van der Waals surface area contributed by atoms with Gasteiger partial charge in [-0.3, -0.25) is 4.79 Å². The van der Waals surface area contributed by atoms with Gasteiger partial charge in [-0.1, -0.05) is 30.7 Å². The Hall–Kier alpha value is -1.52. The van der Waals surface area contributed by atoms with Gasteiger partial charge in [-0.05, 0) is 58.2 Å². The van der Waals surface area contributed by atoms with Crippen molar-refractivity contribution in [2.45, 2.75) is 19.4 Å². The molecule has 2 aromatic rings. The van der Waals surface area contributed by atoms with Crippen molar-refractivity contribution in [3.05, 3.63) is 63.1 Å². The van der Waals surface area contributed by atoms with E-state index < -0.39 is 0 Å². The molecule has 0 spiro atoms. The van der Waals surface area contributed by atoms with Crippen LogP contribution in [0.5, 0.6) is 0 Å². The van der Waals surface area contributed by atoms with Gasteiger partial charge >= 0.3 is 0 Å². The van der Waals surface area contributed by atoms with E-state index in [0.29, 0.717) is 20.7 Å². The van der Waals surface area contributed by atoms with Gasteiger partial charge in [0.05, 0.1) is 6.04 Å². The summed E-state index contributed by atoms with van der Waals surface area (Å²) in [6.45, 7) is 2.02. The summed E-state index contributed by atoms with van der Waals surface area (Å²) in [5.41, 5.74) is 7.90. The summed E-state index contributed by atoms with van der Waals surface area (Å²) in [4.78, 5) is 12.3. The fourth-order valence-corrected chi connectivity index (χ4v) is 2.63. The van der Waals surface area contributed by atoms with E-state index in [1.54, 1.807) is 18.2 Å². The summed E-state index contributed by atoms with van der Waals surface area (Å²) in [5.74, 6) is -0.137. The predicted octanol–water partition coefficient (Wildman–Crippen LogP) is 4.57. The number of hydrogen-bond acceptors (Lipinski definition) is 2. The molecule has 3 nitrogen and oxygen atoms in total. The van der Waals surface area contributed by atoms with Gasteiger partial charge in [0.15, 0.2) is 0 Å². The first-order chi connectivity index (χ1) is 10.0. The molecule has 0 saturated heterocycles. The van der Waals surface area contributed by atoms with Crippen LogP contribution in [0.15, 0.2) is 46.9 Å². The first-order valence-electron chi connectivity index (χ1n) is 6.62. The molecule has 0 aromatic heterocycles. The lowest BCUT2D eigenvalue weighted by Crippen LogP contribution is -2.28. The zero-order valence-corrected chi connectivity index (χ0v) is 13.9. The minimum Gasteiger partial charge on any atom is -0.398 e. The van der Waals surface area contributed by atoms with Crippen LogP contribution in [-0.2, 0) is 0 Å². The molecule has 110 valence electrons. The van der Waals surface area contributed by atoms with Gasteiger partial charge < -0.3 is 11.1 Å². The average Bonchev–Trinajstić information content (AvgIpc) is 2.47. The van der Waals surface area contributed by atoms with Gasteiger partial charge in [0.25, 0.3) is 5.91 Å². The number of carbonyl (C=O) groups excluding carboxylic acids is 1. The highest BCUT2D eigenvalue weighted by Crippen LogP contribution is 2.23. The van der Waals surface area contributed by atoms with E-state index >= 15 is 0 Å². The lowest BCUT2D eigenvalue weighted by atomic mass is 10.0. The van der Waals surface area contributed by atoms with Gasteiger partial charge in [0, 0.05) is 20.7 Å². The Balaban J connectivity index is 2.18. The van der Waals surface area contributed by atoms with Crippen molar-refractivity contribution in [3.63, 3.8) is 0 Å². The first-order valence-corrected chi connectivity index (χ1v) is 7.79. The fourth-order valence-electron chi connectivity index (χ4n) is 2.05. The average molecular weight is 368 g/mol. The second-order valence-corrected chi connectivity index (χ2v) is 6.02. The molecular weight excluding hydrogens is 352 g/mol. The topological polar surface area (TPSA) is 55.1 Å².